The van der Waals surface area contributed by atoms with Crippen molar-refractivity contribution < 1.29 is 23.1 Å². The number of nitrogens with zero attached hydrogens (tertiary/aromatic N) is 4. The molecule has 1 radical (unpaired) electrons. The number of hydrogen-bond acceptors (Lipinski definition) is 4. The zero-order valence-electron chi connectivity index (χ0n) is 15.4. The van der Waals surface area contributed by atoms with Gasteiger partial charge in [-0.15, -0.1) is 0 Å². The van der Waals surface area contributed by atoms with Gasteiger partial charge in [0.1, 0.15) is 0 Å². The topological polar surface area (TPSA) is 101 Å². The molecule has 0 saturated heterocycles. The average molecular weight is 521 g/mol. The van der Waals surface area contributed by atoms with Crippen molar-refractivity contribution in [2.75, 3.05) is 0 Å². The predicted molar refractivity (Wildman–Crippen MR) is 108 cm³/mol. The van der Waals surface area contributed by atoms with Gasteiger partial charge in [0.15, 0.2) is 0 Å². The quantitative estimate of drug-likeness (QED) is 0.299. The Kier molecular flexibility index (Phi) is 5.54. The standard InChI is InChI=1S/C18H17ClF2N4O3PSe/c19-15-14-16(23-9-22-15)25(10-24-14)13-7-17(30,8-18(20,21)29(26,27)28)6-12(13)11-4-2-1-3-5-11/h1-5,9-10,12-13H,6-8H2,(H2,26,27,28). The number of benzene rings is 1. The van der Waals surface area contributed by atoms with Gasteiger partial charge in [-0.25, -0.2) is 0 Å². The van der Waals surface area contributed by atoms with Gasteiger partial charge in [0.25, 0.3) is 0 Å². The predicted octanol–water partition coefficient (Wildman–Crippen LogP) is 4.09. The van der Waals surface area contributed by atoms with Crippen LogP contribution in [0.5, 0.6) is 0 Å². The van der Waals surface area contributed by atoms with Crippen LogP contribution in [0.3, 0.4) is 0 Å². The normalized spacial score (nSPS) is 25.1. The number of rotatable bonds is 5. The van der Waals surface area contributed by atoms with Gasteiger partial charge in [-0.1, -0.05) is 0 Å². The van der Waals surface area contributed by atoms with Gasteiger partial charge < -0.3 is 0 Å². The van der Waals surface area contributed by atoms with Crippen molar-refractivity contribution in [3.05, 3.63) is 53.7 Å². The first-order valence-corrected chi connectivity index (χ1v) is 11.9. The molecule has 3 unspecified atom stereocenters. The first kappa shape index (κ1) is 21.8. The molecular formula is C18H17ClF2N4O3PSe. The summed E-state index contributed by atoms with van der Waals surface area (Å²) in [5.74, 6) is -0.203. The SMILES string of the molecule is O=P(O)(O)C(F)(F)CC1([Se])CC(c2ccccc2)C(n2cnc3c(Cl)ncnc32)C1. The Morgan fingerprint density at radius 3 is 2.60 bits per heavy atom. The van der Waals surface area contributed by atoms with Gasteiger partial charge in [-0.2, -0.15) is 0 Å². The molecule has 0 spiro atoms. The molecule has 0 aliphatic heterocycles. The Bertz CT molecular complexity index is 1130. The Labute approximate surface area is 183 Å². The van der Waals surface area contributed by atoms with Crippen LogP contribution in [0.2, 0.25) is 9.47 Å². The second-order valence-corrected chi connectivity index (χ2v) is 11.5. The van der Waals surface area contributed by atoms with E-state index in [1.807, 2.05) is 30.3 Å². The molecule has 2 aromatic heterocycles. The first-order chi connectivity index (χ1) is 14.0. The zero-order valence-corrected chi connectivity index (χ0v) is 18.8. The van der Waals surface area contributed by atoms with Gasteiger partial charge in [-0.05, 0) is 0 Å². The fourth-order valence-corrected chi connectivity index (χ4v) is 6.22. The van der Waals surface area contributed by atoms with Gasteiger partial charge in [-0.3, -0.25) is 0 Å². The molecular weight excluding hydrogens is 504 g/mol. The van der Waals surface area contributed by atoms with Crippen LogP contribution in [-0.2, 0) is 4.57 Å². The van der Waals surface area contributed by atoms with Crippen LogP contribution in [-0.4, -0.2) is 51.0 Å². The van der Waals surface area contributed by atoms with E-state index in [2.05, 4.69) is 31.0 Å². The molecule has 30 heavy (non-hydrogen) atoms. The summed E-state index contributed by atoms with van der Waals surface area (Å²) >= 11 is 8.92. The van der Waals surface area contributed by atoms with E-state index < -0.39 is 24.0 Å². The summed E-state index contributed by atoms with van der Waals surface area (Å²) in [5, 5.41) is 0.190. The molecule has 1 aromatic carbocycles. The summed E-state index contributed by atoms with van der Waals surface area (Å²) < 4.78 is 40.6. The summed E-state index contributed by atoms with van der Waals surface area (Å²) in [6.07, 6.45) is 2.39. The summed E-state index contributed by atoms with van der Waals surface area (Å²) in [4.78, 5) is 30.7. The maximum atomic E-state index is 14.3. The molecule has 1 saturated carbocycles. The fraction of sp³-hybridized carbons (Fsp3) is 0.389. The maximum absolute atomic E-state index is 14.3. The molecule has 1 aliphatic rings. The molecule has 0 bridgehead atoms. The van der Waals surface area contributed by atoms with Crippen LogP contribution < -0.4 is 0 Å². The van der Waals surface area contributed by atoms with Crippen molar-refractivity contribution in [2.24, 2.45) is 0 Å². The Morgan fingerprint density at radius 1 is 1.23 bits per heavy atom. The fourth-order valence-electron chi connectivity index (χ4n) is 4.18. The molecule has 1 fully saturated rings. The van der Waals surface area contributed by atoms with Gasteiger partial charge >= 0.3 is 184 Å². The summed E-state index contributed by atoms with van der Waals surface area (Å²) in [5.41, 5.74) is -2.31. The van der Waals surface area contributed by atoms with E-state index in [1.54, 1.807) is 10.9 Å². The van der Waals surface area contributed by atoms with Crippen LogP contribution in [0.15, 0.2) is 43.0 Å². The van der Waals surface area contributed by atoms with E-state index in [0.29, 0.717) is 11.2 Å². The van der Waals surface area contributed by atoms with Crippen molar-refractivity contribution in [3.8, 4) is 0 Å². The van der Waals surface area contributed by atoms with Crippen LogP contribution in [0.1, 0.15) is 36.8 Å². The van der Waals surface area contributed by atoms with E-state index in [9.17, 15) is 13.3 Å². The molecule has 2 heterocycles. The number of hydrogen-bond donors (Lipinski definition) is 2. The van der Waals surface area contributed by atoms with Crippen LogP contribution in [0, 0.1) is 0 Å². The summed E-state index contributed by atoms with van der Waals surface area (Å²) in [6.45, 7) is 0. The molecule has 3 aromatic rings. The Hall–Kier alpha value is -1.41. The number of aromatic nitrogens is 4. The monoisotopic (exact) mass is 521 g/mol. The van der Waals surface area contributed by atoms with Crippen molar-refractivity contribution in [3.63, 3.8) is 0 Å². The zero-order chi connectivity index (χ0) is 21.7. The van der Waals surface area contributed by atoms with E-state index in [1.165, 1.54) is 6.33 Å². The molecule has 3 atom stereocenters. The molecule has 4 rings (SSSR count). The van der Waals surface area contributed by atoms with Crippen molar-refractivity contribution >= 4 is 46.4 Å². The van der Waals surface area contributed by atoms with Gasteiger partial charge in [0.05, 0.1) is 0 Å². The van der Waals surface area contributed by atoms with Gasteiger partial charge in [0, 0.05) is 0 Å². The molecule has 12 heteroatoms. The summed E-state index contributed by atoms with van der Waals surface area (Å²) in [7, 11) is -5.59. The second-order valence-electron chi connectivity index (χ2n) is 7.55. The van der Waals surface area contributed by atoms with Gasteiger partial charge in [0.2, 0.25) is 0 Å². The van der Waals surface area contributed by atoms with Crippen molar-refractivity contribution in [2.45, 2.75) is 41.2 Å². The Balaban J connectivity index is 1.77. The molecule has 7 nitrogen and oxygen atoms in total. The summed E-state index contributed by atoms with van der Waals surface area (Å²) in [6, 6.07) is 9.08. The second kappa shape index (κ2) is 7.62. The molecule has 1 aliphatic carbocycles. The third-order valence-electron chi connectivity index (χ3n) is 5.50. The van der Waals surface area contributed by atoms with Crippen molar-refractivity contribution in [1.29, 1.82) is 0 Å². The molecule has 2 N–H and O–H groups in total. The third kappa shape index (κ3) is 3.93. The molecule has 0 amide bonds. The van der Waals surface area contributed by atoms with E-state index in [-0.39, 0.29) is 30.0 Å². The Morgan fingerprint density at radius 2 is 1.93 bits per heavy atom. The van der Waals surface area contributed by atoms with Crippen LogP contribution >= 0.6 is 19.2 Å². The minimum atomic E-state index is -5.59. The number of imidazole rings is 1. The van der Waals surface area contributed by atoms with E-state index in [0.717, 1.165) is 5.56 Å². The molecule has 159 valence electrons. The van der Waals surface area contributed by atoms with E-state index in [4.69, 9.17) is 21.4 Å². The minimum absolute atomic E-state index is 0.190. The third-order valence-corrected chi connectivity index (χ3v) is 7.79. The van der Waals surface area contributed by atoms with Crippen LogP contribution in [0.4, 0.5) is 8.78 Å². The number of fused-ring (bicyclic) bond motifs is 1. The number of halogens is 3. The van der Waals surface area contributed by atoms with Crippen molar-refractivity contribution in [1.82, 2.24) is 19.5 Å². The average Bonchev–Trinajstić information content (AvgIpc) is 3.23. The number of alkyl halides is 2. The van der Waals surface area contributed by atoms with Crippen LogP contribution in [0.25, 0.3) is 11.2 Å². The first-order valence-electron chi connectivity index (χ1n) is 9.03. The van der Waals surface area contributed by atoms with E-state index >= 15 is 0 Å².